The number of aliphatic carboxylic acids is 2. The highest BCUT2D eigenvalue weighted by Crippen LogP contribution is 2.15. The van der Waals surface area contributed by atoms with E-state index in [0.29, 0.717) is 11.3 Å². The second kappa shape index (κ2) is 12.1. The van der Waals surface area contributed by atoms with E-state index in [2.05, 4.69) is 6.58 Å². The highest BCUT2D eigenvalue weighted by atomic mass is 16.6. The van der Waals surface area contributed by atoms with E-state index in [9.17, 15) is 19.2 Å². The minimum absolute atomic E-state index is 0.0147. The van der Waals surface area contributed by atoms with Gasteiger partial charge in [0.25, 0.3) is 0 Å². The fourth-order valence-electron chi connectivity index (χ4n) is 2.07. The fourth-order valence-corrected chi connectivity index (χ4v) is 2.07. The van der Waals surface area contributed by atoms with Gasteiger partial charge >= 0.3 is 23.9 Å². The standard InChI is InChI=1S/C19H23NO9/c1-13(2)18(25)28-9-7-27-8-10-29-19(26)14-3-5-15(6-4-14)20(11-16(21)22)12-17(23)24/h3-6H,1,7-12H2,2H3,(H,21,22)(H,23,24). The van der Waals surface area contributed by atoms with E-state index in [4.69, 9.17) is 24.4 Å². The molecule has 1 aromatic carbocycles. The number of hydrogen-bond acceptors (Lipinski definition) is 8. The molecule has 2 N–H and O–H groups in total. The average molecular weight is 409 g/mol. The van der Waals surface area contributed by atoms with E-state index in [1.807, 2.05) is 0 Å². The lowest BCUT2D eigenvalue weighted by atomic mass is 10.2. The van der Waals surface area contributed by atoms with Crippen LogP contribution in [0.1, 0.15) is 17.3 Å². The van der Waals surface area contributed by atoms with Gasteiger partial charge in [-0.2, -0.15) is 0 Å². The third kappa shape index (κ3) is 9.38. The van der Waals surface area contributed by atoms with Gasteiger partial charge in [-0.3, -0.25) is 9.59 Å². The summed E-state index contributed by atoms with van der Waals surface area (Å²) in [6.45, 7) is 4.30. The quantitative estimate of drug-likeness (QED) is 0.275. The van der Waals surface area contributed by atoms with Gasteiger partial charge in [-0.25, -0.2) is 9.59 Å². The maximum Gasteiger partial charge on any atom is 0.338 e. The molecule has 0 aromatic heterocycles. The first kappa shape index (κ1) is 23.6. The predicted octanol–water partition coefficient (Wildman–Crippen LogP) is 0.955. The zero-order valence-electron chi connectivity index (χ0n) is 16.0. The van der Waals surface area contributed by atoms with Crippen LogP contribution < -0.4 is 4.90 Å². The first-order valence-corrected chi connectivity index (χ1v) is 8.56. The minimum atomic E-state index is -1.18. The normalized spacial score (nSPS) is 10.1. The molecule has 0 heterocycles. The van der Waals surface area contributed by atoms with Crippen molar-refractivity contribution in [2.24, 2.45) is 0 Å². The summed E-state index contributed by atoms with van der Waals surface area (Å²) < 4.78 is 15.0. The molecule has 29 heavy (non-hydrogen) atoms. The van der Waals surface area contributed by atoms with Crippen LogP contribution in [0.15, 0.2) is 36.4 Å². The second-order valence-corrected chi connectivity index (χ2v) is 5.85. The third-order valence-electron chi connectivity index (χ3n) is 3.39. The van der Waals surface area contributed by atoms with E-state index in [1.165, 1.54) is 31.2 Å². The van der Waals surface area contributed by atoms with Gasteiger partial charge < -0.3 is 29.3 Å². The Kier molecular flexibility index (Phi) is 9.89. The summed E-state index contributed by atoms with van der Waals surface area (Å²) in [4.78, 5) is 46.0. The monoisotopic (exact) mass is 409 g/mol. The molecule has 0 unspecified atom stereocenters. The highest BCUT2D eigenvalue weighted by molar-refractivity contribution is 5.90. The summed E-state index contributed by atoms with van der Waals surface area (Å²) in [6, 6.07) is 5.70. The van der Waals surface area contributed by atoms with Crippen LogP contribution in [0, 0.1) is 0 Å². The number of ether oxygens (including phenoxy) is 3. The molecule has 1 rings (SSSR count). The van der Waals surface area contributed by atoms with Crippen molar-refractivity contribution in [3.63, 3.8) is 0 Å². The lowest BCUT2D eigenvalue weighted by Gasteiger charge is -2.20. The molecule has 0 saturated heterocycles. The van der Waals surface area contributed by atoms with Gasteiger partial charge in [-0.15, -0.1) is 0 Å². The Morgan fingerprint density at radius 1 is 0.897 bits per heavy atom. The Hall–Kier alpha value is -3.40. The Bertz CT molecular complexity index is 727. The molecule has 10 nitrogen and oxygen atoms in total. The lowest BCUT2D eigenvalue weighted by Crippen LogP contribution is -2.34. The summed E-state index contributed by atoms with van der Waals surface area (Å²) in [5.74, 6) is -3.47. The van der Waals surface area contributed by atoms with Gasteiger partial charge in [0.05, 0.1) is 18.8 Å². The van der Waals surface area contributed by atoms with Gasteiger partial charge in [0.1, 0.15) is 26.3 Å². The van der Waals surface area contributed by atoms with E-state index >= 15 is 0 Å². The van der Waals surface area contributed by atoms with Crippen molar-refractivity contribution in [2.75, 3.05) is 44.4 Å². The van der Waals surface area contributed by atoms with Gasteiger partial charge in [0.15, 0.2) is 0 Å². The van der Waals surface area contributed by atoms with Crippen LogP contribution in [-0.2, 0) is 28.6 Å². The lowest BCUT2D eigenvalue weighted by molar-refractivity contribution is -0.140. The SMILES string of the molecule is C=C(C)C(=O)OCCOCCOC(=O)c1ccc(N(CC(=O)O)CC(=O)O)cc1. The first-order valence-electron chi connectivity index (χ1n) is 8.56. The van der Waals surface area contributed by atoms with E-state index in [1.54, 1.807) is 0 Å². The molecule has 0 saturated carbocycles. The van der Waals surface area contributed by atoms with Crippen molar-refractivity contribution in [3.05, 3.63) is 42.0 Å². The van der Waals surface area contributed by atoms with Crippen LogP contribution in [0.25, 0.3) is 0 Å². The molecule has 0 atom stereocenters. The predicted molar refractivity (Wildman–Crippen MR) is 101 cm³/mol. The second-order valence-electron chi connectivity index (χ2n) is 5.85. The molecule has 0 aliphatic carbocycles. The molecule has 0 radical (unpaired) electrons. The Balaban J connectivity index is 2.41. The molecule has 0 aliphatic heterocycles. The number of nitrogens with zero attached hydrogens (tertiary/aromatic N) is 1. The summed E-state index contributed by atoms with van der Waals surface area (Å²) in [7, 11) is 0. The van der Waals surface area contributed by atoms with Crippen LogP contribution in [0.2, 0.25) is 0 Å². The van der Waals surface area contributed by atoms with E-state index < -0.39 is 37.0 Å². The topological polar surface area (TPSA) is 140 Å². The molecule has 0 spiro atoms. The van der Waals surface area contributed by atoms with Crippen molar-refractivity contribution in [1.82, 2.24) is 0 Å². The molecule has 1 aromatic rings. The number of esters is 2. The van der Waals surface area contributed by atoms with E-state index in [-0.39, 0.29) is 32.0 Å². The Morgan fingerprint density at radius 3 is 1.90 bits per heavy atom. The molecule has 10 heteroatoms. The number of carbonyl (C=O) groups is 4. The first-order chi connectivity index (χ1) is 13.7. The fraction of sp³-hybridized carbons (Fsp3) is 0.368. The zero-order valence-corrected chi connectivity index (χ0v) is 16.0. The number of carbonyl (C=O) groups excluding carboxylic acids is 2. The zero-order chi connectivity index (χ0) is 21.8. The number of hydrogen-bond donors (Lipinski definition) is 2. The van der Waals surface area contributed by atoms with Crippen LogP contribution >= 0.6 is 0 Å². The van der Waals surface area contributed by atoms with Crippen molar-refractivity contribution in [1.29, 1.82) is 0 Å². The minimum Gasteiger partial charge on any atom is -0.480 e. The molecule has 0 fully saturated rings. The summed E-state index contributed by atoms with van der Waals surface area (Å²) in [5, 5.41) is 17.8. The van der Waals surface area contributed by atoms with Crippen LogP contribution in [-0.4, -0.2) is 73.6 Å². The van der Waals surface area contributed by atoms with Crippen LogP contribution in [0.3, 0.4) is 0 Å². The summed E-state index contributed by atoms with van der Waals surface area (Å²) in [6.07, 6.45) is 0. The number of carboxylic acid groups (broad SMARTS) is 2. The Labute approximate surface area is 167 Å². The molecule has 0 aliphatic rings. The van der Waals surface area contributed by atoms with Gasteiger partial charge in [0, 0.05) is 11.3 Å². The van der Waals surface area contributed by atoms with Crippen molar-refractivity contribution < 1.29 is 43.6 Å². The van der Waals surface area contributed by atoms with Crippen molar-refractivity contribution in [3.8, 4) is 0 Å². The molecular formula is C19H23NO9. The molecular weight excluding hydrogens is 386 g/mol. The number of carboxylic acids is 2. The molecule has 158 valence electrons. The molecule has 0 bridgehead atoms. The summed E-state index contributed by atoms with van der Waals surface area (Å²) in [5.41, 5.74) is 0.854. The number of benzene rings is 1. The van der Waals surface area contributed by atoms with Gasteiger partial charge in [0.2, 0.25) is 0 Å². The third-order valence-corrected chi connectivity index (χ3v) is 3.39. The largest absolute Gasteiger partial charge is 0.480 e. The van der Waals surface area contributed by atoms with Gasteiger partial charge in [-0.1, -0.05) is 6.58 Å². The van der Waals surface area contributed by atoms with Crippen molar-refractivity contribution in [2.45, 2.75) is 6.92 Å². The highest BCUT2D eigenvalue weighted by Gasteiger charge is 2.15. The molecule has 0 amide bonds. The maximum atomic E-state index is 12.0. The average Bonchev–Trinajstić information content (AvgIpc) is 2.65. The smallest absolute Gasteiger partial charge is 0.338 e. The van der Waals surface area contributed by atoms with Crippen LogP contribution in [0.4, 0.5) is 5.69 Å². The van der Waals surface area contributed by atoms with Crippen LogP contribution in [0.5, 0.6) is 0 Å². The maximum absolute atomic E-state index is 12.0. The number of rotatable bonds is 13. The van der Waals surface area contributed by atoms with Crippen molar-refractivity contribution >= 4 is 29.6 Å². The number of anilines is 1. The Morgan fingerprint density at radius 2 is 1.41 bits per heavy atom. The summed E-state index contributed by atoms with van der Waals surface area (Å²) >= 11 is 0. The van der Waals surface area contributed by atoms with Gasteiger partial charge in [-0.05, 0) is 31.2 Å². The van der Waals surface area contributed by atoms with E-state index in [0.717, 1.165) is 4.90 Å².